The van der Waals surface area contributed by atoms with Gasteiger partial charge in [0.05, 0.1) is 0 Å². The van der Waals surface area contributed by atoms with Crippen molar-refractivity contribution in [1.82, 2.24) is 0 Å². The van der Waals surface area contributed by atoms with Crippen molar-refractivity contribution in [1.29, 1.82) is 0 Å². The van der Waals surface area contributed by atoms with E-state index in [4.69, 9.17) is 14.2 Å². The number of ether oxygens (including phenoxy) is 3. The second kappa shape index (κ2) is 51.8. The van der Waals surface area contributed by atoms with E-state index < -0.39 is 6.10 Å². The quantitative estimate of drug-likeness (QED) is 0.0344. The summed E-state index contributed by atoms with van der Waals surface area (Å²) in [5, 5.41) is 0. The molecule has 386 valence electrons. The largest absolute Gasteiger partial charge is 0.462 e. The molecule has 0 bridgehead atoms. The van der Waals surface area contributed by atoms with Crippen LogP contribution in [0.3, 0.4) is 0 Å². The maximum absolute atomic E-state index is 12.8. The van der Waals surface area contributed by atoms with Crippen molar-refractivity contribution >= 4 is 17.9 Å². The van der Waals surface area contributed by atoms with Crippen LogP contribution in [0.1, 0.15) is 330 Å². The Balaban J connectivity index is 4.18. The minimum Gasteiger partial charge on any atom is -0.462 e. The number of unbranched alkanes of at least 4 members (excludes halogenated alkanes) is 38. The van der Waals surface area contributed by atoms with E-state index in [9.17, 15) is 14.4 Å². The minimum atomic E-state index is -0.763. The zero-order valence-electron chi connectivity index (χ0n) is 44.6. The predicted octanol–water partition coefficient (Wildman–Crippen LogP) is 19.3. The molecular weight excluding hydrogens is 805 g/mol. The lowest BCUT2D eigenvalue weighted by atomic mass is 10.0. The van der Waals surface area contributed by atoms with Gasteiger partial charge in [-0.15, -0.1) is 0 Å². The Morgan fingerprint density at radius 1 is 0.292 bits per heavy atom. The third kappa shape index (κ3) is 53.2. The zero-order valence-corrected chi connectivity index (χ0v) is 44.6. The average Bonchev–Trinajstić information content (AvgIpc) is 3.28. The zero-order chi connectivity index (χ0) is 47.5. The molecule has 6 nitrogen and oxygen atoms in total. The first kappa shape index (κ1) is 63.4. The first-order chi connectivity index (χ1) is 31.7. The molecule has 0 spiro atoms. The molecule has 0 heterocycles. The molecule has 0 aliphatic carbocycles. The van der Waals surface area contributed by atoms with Gasteiger partial charge in [0.1, 0.15) is 13.2 Å². The summed E-state index contributed by atoms with van der Waals surface area (Å²) in [7, 11) is 0. The first-order valence-corrected chi connectivity index (χ1v) is 29.2. The standard InChI is InChI=1S/C59H114O6/c1-6-7-8-9-10-11-12-13-14-20-23-26-29-34-39-44-49-57(60)63-52-56(65-59(62)51-46-41-36-31-33-38-43-48-55(4)5)53-64-58(61)50-45-40-35-30-27-24-21-18-16-15-17-19-22-25-28-32-37-42-47-54(2)3/h54-56H,6-53H2,1-5H3/t56-/m0/s1. The van der Waals surface area contributed by atoms with Gasteiger partial charge in [-0.2, -0.15) is 0 Å². The molecule has 0 rings (SSSR count). The van der Waals surface area contributed by atoms with Gasteiger partial charge in [0.15, 0.2) is 6.10 Å². The molecule has 0 aromatic carbocycles. The molecule has 0 fully saturated rings. The Bertz CT molecular complexity index is 993. The van der Waals surface area contributed by atoms with Gasteiger partial charge in [0.25, 0.3) is 0 Å². The fourth-order valence-electron chi connectivity index (χ4n) is 9.05. The van der Waals surface area contributed by atoms with Crippen LogP contribution in [-0.4, -0.2) is 37.2 Å². The minimum absolute atomic E-state index is 0.0635. The molecule has 0 saturated carbocycles. The summed E-state index contributed by atoms with van der Waals surface area (Å²) < 4.78 is 16.9. The van der Waals surface area contributed by atoms with Crippen molar-refractivity contribution in [3.05, 3.63) is 0 Å². The molecule has 65 heavy (non-hydrogen) atoms. The second-order valence-corrected chi connectivity index (χ2v) is 21.2. The van der Waals surface area contributed by atoms with Crippen LogP contribution in [0.15, 0.2) is 0 Å². The third-order valence-corrected chi connectivity index (χ3v) is 13.5. The fourth-order valence-corrected chi connectivity index (χ4v) is 9.05. The van der Waals surface area contributed by atoms with Gasteiger partial charge in [-0.25, -0.2) is 0 Å². The maximum atomic E-state index is 12.8. The molecule has 0 aliphatic rings. The number of carbonyl (C=O) groups is 3. The lowest BCUT2D eigenvalue weighted by Gasteiger charge is -2.18. The number of rotatable bonds is 53. The normalized spacial score (nSPS) is 12.0. The Hall–Kier alpha value is -1.59. The van der Waals surface area contributed by atoms with E-state index in [0.29, 0.717) is 19.3 Å². The highest BCUT2D eigenvalue weighted by Crippen LogP contribution is 2.18. The van der Waals surface area contributed by atoms with Crippen molar-refractivity contribution in [2.24, 2.45) is 11.8 Å². The van der Waals surface area contributed by atoms with E-state index in [2.05, 4.69) is 34.6 Å². The van der Waals surface area contributed by atoms with Gasteiger partial charge >= 0.3 is 17.9 Å². The molecule has 0 aromatic rings. The molecule has 0 aliphatic heterocycles. The summed E-state index contributed by atoms with van der Waals surface area (Å²) >= 11 is 0. The van der Waals surface area contributed by atoms with Gasteiger partial charge in [-0.05, 0) is 31.1 Å². The van der Waals surface area contributed by atoms with Crippen LogP contribution in [0.2, 0.25) is 0 Å². The lowest BCUT2D eigenvalue weighted by molar-refractivity contribution is -0.167. The Kier molecular flexibility index (Phi) is 50.5. The van der Waals surface area contributed by atoms with Crippen LogP contribution in [0.25, 0.3) is 0 Å². The van der Waals surface area contributed by atoms with Gasteiger partial charge in [-0.3, -0.25) is 14.4 Å². The highest BCUT2D eigenvalue weighted by atomic mass is 16.6. The maximum Gasteiger partial charge on any atom is 0.306 e. The Labute approximate surface area is 406 Å². The molecule has 0 aromatic heterocycles. The molecule has 0 N–H and O–H groups in total. The van der Waals surface area contributed by atoms with Crippen molar-refractivity contribution in [2.75, 3.05) is 13.2 Å². The van der Waals surface area contributed by atoms with Gasteiger partial charge < -0.3 is 14.2 Å². The summed E-state index contributed by atoms with van der Waals surface area (Å²) in [5.41, 5.74) is 0. The van der Waals surface area contributed by atoms with Crippen LogP contribution in [0.4, 0.5) is 0 Å². The monoisotopic (exact) mass is 919 g/mol. The van der Waals surface area contributed by atoms with Crippen molar-refractivity contribution in [2.45, 2.75) is 336 Å². The van der Waals surface area contributed by atoms with Crippen molar-refractivity contribution in [3.63, 3.8) is 0 Å². The Morgan fingerprint density at radius 3 is 0.754 bits per heavy atom. The van der Waals surface area contributed by atoms with E-state index in [-0.39, 0.29) is 31.1 Å². The summed E-state index contributed by atoms with van der Waals surface area (Å²) in [5.74, 6) is 0.794. The lowest BCUT2D eigenvalue weighted by Crippen LogP contribution is -2.30. The molecule has 0 amide bonds. The summed E-state index contributed by atoms with van der Waals surface area (Å²) in [6.07, 6.45) is 55.4. The van der Waals surface area contributed by atoms with Crippen molar-refractivity contribution < 1.29 is 28.6 Å². The number of carbonyl (C=O) groups excluding carboxylic acids is 3. The van der Waals surface area contributed by atoms with E-state index in [0.717, 1.165) is 69.6 Å². The topological polar surface area (TPSA) is 78.9 Å². The molecule has 6 heteroatoms. The highest BCUT2D eigenvalue weighted by molar-refractivity contribution is 5.71. The molecule has 1 atom stereocenters. The number of esters is 3. The molecule has 0 unspecified atom stereocenters. The van der Waals surface area contributed by atoms with Crippen molar-refractivity contribution in [3.8, 4) is 0 Å². The highest BCUT2D eigenvalue weighted by Gasteiger charge is 2.19. The second-order valence-electron chi connectivity index (χ2n) is 21.2. The van der Waals surface area contributed by atoms with Crippen LogP contribution >= 0.6 is 0 Å². The van der Waals surface area contributed by atoms with Crippen LogP contribution < -0.4 is 0 Å². The summed E-state index contributed by atoms with van der Waals surface area (Å²) in [4.78, 5) is 38.1. The SMILES string of the molecule is CCCCCCCCCCCCCCCCCCC(=O)OC[C@@H](COC(=O)CCCCCCCCCCCCCCCCCCCCC(C)C)OC(=O)CCCCCCCCCC(C)C. The van der Waals surface area contributed by atoms with Crippen LogP contribution in [0.5, 0.6) is 0 Å². The number of hydrogen-bond donors (Lipinski definition) is 0. The average molecular weight is 920 g/mol. The van der Waals surface area contributed by atoms with Gasteiger partial charge in [-0.1, -0.05) is 291 Å². The first-order valence-electron chi connectivity index (χ1n) is 29.2. The van der Waals surface area contributed by atoms with Gasteiger partial charge in [0, 0.05) is 19.3 Å². The fraction of sp³-hybridized carbons (Fsp3) is 0.949. The van der Waals surface area contributed by atoms with Gasteiger partial charge in [0.2, 0.25) is 0 Å². The molecular formula is C59H114O6. The van der Waals surface area contributed by atoms with Crippen LogP contribution in [-0.2, 0) is 28.6 Å². The Morgan fingerprint density at radius 2 is 0.508 bits per heavy atom. The summed E-state index contributed by atoms with van der Waals surface area (Å²) in [6, 6.07) is 0. The number of hydrogen-bond acceptors (Lipinski definition) is 6. The van der Waals surface area contributed by atoms with E-state index in [1.54, 1.807) is 0 Å². The van der Waals surface area contributed by atoms with E-state index >= 15 is 0 Å². The summed E-state index contributed by atoms with van der Waals surface area (Å²) in [6.45, 7) is 11.4. The predicted molar refractivity (Wildman–Crippen MR) is 280 cm³/mol. The third-order valence-electron chi connectivity index (χ3n) is 13.5. The molecule has 0 radical (unpaired) electrons. The smallest absolute Gasteiger partial charge is 0.306 e. The van der Waals surface area contributed by atoms with E-state index in [1.807, 2.05) is 0 Å². The van der Waals surface area contributed by atoms with Crippen LogP contribution in [0, 0.1) is 11.8 Å². The molecule has 0 saturated heterocycles. The van der Waals surface area contributed by atoms with E-state index in [1.165, 1.54) is 218 Å².